The van der Waals surface area contributed by atoms with E-state index in [0.717, 1.165) is 12.5 Å². The predicted octanol–water partition coefficient (Wildman–Crippen LogP) is 1.77. The molecule has 1 nitrogen and oxygen atoms in total. The molecule has 0 spiro atoms. The molecule has 0 aromatic rings. The van der Waals surface area contributed by atoms with E-state index in [-0.39, 0.29) is 0 Å². The molecule has 61 valence electrons. The zero-order valence-electron chi connectivity index (χ0n) is 7.23. The van der Waals surface area contributed by atoms with Crippen molar-refractivity contribution in [2.45, 2.75) is 39.5 Å². The van der Waals surface area contributed by atoms with Crippen molar-refractivity contribution in [2.75, 3.05) is 6.61 Å². The summed E-state index contributed by atoms with van der Waals surface area (Å²) < 4.78 is 5.12. The van der Waals surface area contributed by atoms with Gasteiger partial charge in [-0.05, 0) is 12.3 Å². The quantitative estimate of drug-likeness (QED) is 0.537. The second-order valence-corrected chi connectivity index (χ2v) is 3.20. The largest absolute Gasteiger partial charge is 0.425 e. The van der Waals surface area contributed by atoms with Gasteiger partial charge < -0.3 is 4.43 Å². The van der Waals surface area contributed by atoms with Gasteiger partial charge in [0.15, 0.2) is 10.5 Å². The average Bonchev–Trinajstić information content (AvgIpc) is 1.98. The Morgan fingerprint density at radius 1 is 1.40 bits per heavy atom. The van der Waals surface area contributed by atoms with Crippen molar-refractivity contribution >= 4 is 10.5 Å². The fraction of sp³-hybridized carbons (Fsp3) is 1.00. The number of rotatable bonds is 6. The van der Waals surface area contributed by atoms with Gasteiger partial charge in [0.1, 0.15) is 0 Å². The maximum absolute atomic E-state index is 5.12. The first-order valence-electron chi connectivity index (χ1n) is 4.22. The fourth-order valence-electron chi connectivity index (χ4n) is 1.06. The van der Waals surface area contributed by atoms with Crippen LogP contribution in [0.2, 0.25) is 0 Å². The van der Waals surface area contributed by atoms with E-state index in [0.29, 0.717) is 0 Å². The minimum absolute atomic E-state index is 0.803. The summed E-state index contributed by atoms with van der Waals surface area (Å²) in [4.78, 5) is 0. The first-order chi connectivity index (χ1) is 4.85. The van der Waals surface area contributed by atoms with E-state index in [1.165, 1.54) is 25.7 Å². The maximum atomic E-state index is 5.12. The number of unbranched alkanes of at least 4 members (excludes halogenated alkanes) is 1. The molecule has 0 saturated carbocycles. The van der Waals surface area contributed by atoms with Gasteiger partial charge in [-0.25, -0.2) is 0 Å². The van der Waals surface area contributed by atoms with Gasteiger partial charge in [0, 0.05) is 6.61 Å². The highest BCUT2D eigenvalue weighted by atomic mass is 28.2. The lowest BCUT2D eigenvalue weighted by Gasteiger charge is -2.12. The molecule has 0 saturated heterocycles. The third-order valence-corrected chi connectivity index (χ3v) is 2.13. The summed E-state index contributed by atoms with van der Waals surface area (Å²) >= 11 is 0. The highest BCUT2D eigenvalue weighted by molar-refractivity contribution is 5.97. The van der Waals surface area contributed by atoms with Crippen LogP contribution in [0, 0.1) is 5.92 Å². The van der Waals surface area contributed by atoms with E-state index in [1.807, 2.05) is 0 Å². The molecule has 0 rings (SSSR count). The topological polar surface area (TPSA) is 9.23 Å². The first-order valence-corrected chi connectivity index (χ1v) is 4.79. The summed E-state index contributed by atoms with van der Waals surface area (Å²) in [6.45, 7) is 5.43. The Hall–Kier alpha value is 0.177. The molecule has 0 bridgehead atoms. The van der Waals surface area contributed by atoms with Crippen molar-refractivity contribution in [1.82, 2.24) is 0 Å². The zero-order chi connectivity index (χ0) is 7.82. The molecular weight excluding hydrogens is 140 g/mol. The van der Waals surface area contributed by atoms with Crippen LogP contribution in [0.25, 0.3) is 0 Å². The summed E-state index contributed by atoms with van der Waals surface area (Å²) in [5.74, 6) is 0.803. The van der Waals surface area contributed by atoms with Gasteiger partial charge in [-0.1, -0.05) is 33.1 Å². The molecule has 0 aliphatic carbocycles. The first kappa shape index (κ1) is 10.2. The monoisotopic (exact) mass is 159 g/mol. The second-order valence-electron chi connectivity index (χ2n) is 2.79. The van der Waals surface area contributed by atoms with Crippen molar-refractivity contribution in [1.29, 1.82) is 0 Å². The molecule has 0 amide bonds. The Morgan fingerprint density at radius 2 is 2.10 bits per heavy atom. The van der Waals surface area contributed by atoms with Gasteiger partial charge >= 0.3 is 0 Å². The van der Waals surface area contributed by atoms with Crippen LogP contribution in [0.4, 0.5) is 0 Å². The van der Waals surface area contributed by atoms with Crippen LogP contribution in [0.1, 0.15) is 39.5 Å². The van der Waals surface area contributed by atoms with Crippen LogP contribution in [0.3, 0.4) is 0 Å². The Labute approximate surface area is 67.7 Å². The van der Waals surface area contributed by atoms with E-state index in [9.17, 15) is 0 Å². The molecule has 0 aromatic heterocycles. The van der Waals surface area contributed by atoms with Crippen LogP contribution >= 0.6 is 0 Å². The van der Waals surface area contributed by atoms with Gasteiger partial charge in [-0.15, -0.1) is 0 Å². The van der Waals surface area contributed by atoms with Gasteiger partial charge in [0.2, 0.25) is 0 Å². The minimum Gasteiger partial charge on any atom is -0.425 e. The van der Waals surface area contributed by atoms with E-state index in [1.54, 1.807) is 10.5 Å². The molecule has 0 heterocycles. The molecule has 2 heteroatoms. The third-order valence-electron chi connectivity index (χ3n) is 1.90. The molecular formula is C8H19OSi. The Kier molecular flexibility index (Phi) is 7.41. The highest BCUT2D eigenvalue weighted by Crippen LogP contribution is 2.11. The highest BCUT2D eigenvalue weighted by Gasteiger charge is 2.02. The van der Waals surface area contributed by atoms with Crippen molar-refractivity contribution in [3.63, 3.8) is 0 Å². The summed E-state index contributed by atoms with van der Waals surface area (Å²) in [6.07, 6.45) is 5.26. The smallest absolute Gasteiger partial charge is 0.174 e. The van der Waals surface area contributed by atoms with E-state index in [4.69, 9.17) is 4.43 Å². The molecule has 0 aliphatic rings. The molecule has 0 fully saturated rings. The molecule has 1 radical (unpaired) electrons. The second kappa shape index (κ2) is 7.29. The Bertz CT molecular complexity index is 66.3. The molecule has 0 aromatic carbocycles. The molecule has 1 unspecified atom stereocenters. The van der Waals surface area contributed by atoms with Crippen LogP contribution in [0.5, 0.6) is 0 Å². The van der Waals surface area contributed by atoms with Crippen LogP contribution in [0.15, 0.2) is 0 Å². The Morgan fingerprint density at radius 3 is 2.50 bits per heavy atom. The molecule has 10 heavy (non-hydrogen) atoms. The van der Waals surface area contributed by atoms with E-state index >= 15 is 0 Å². The van der Waals surface area contributed by atoms with Crippen molar-refractivity contribution in [3.05, 3.63) is 0 Å². The van der Waals surface area contributed by atoms with Crippen LogP contribution < -0.4 is 0 Å². The average molecular weight is 159 g/mol. The molecule has 0 N–H and O–H groups in total. The lowest BCUT2D eigenvalue weighted by Crippen LogP contribution is -2.06. The normalized spacial score (nSPS) is 13.5. The van der Waals surface area contributed by atoms with Gasteiger partial charge in [-0.3, -0.25) is 0 Å². The summed E-state index contributed by atoms with van der Waals surface area (Å²) in [5, 5.41) is 0. The van der Waals surface area contributed by atoms with Crippen molar-refractivity contribution in [3.8, 4) is 0 Å². The summed E-state index contributed by atoms with van der Waals surface area (Å²) in [5.41, 5.74) is 0. The number of hydrogen-bond donors (Lipinski definition) is 0. The van der Waals surface area contributed by atoms with Crippen LogP contribution in [-0.2, 0) is 4.43 Å². The third kappa shape index (κ3) is 5.00. The lowest BCUT2D eigenvalue weighted by atomic mass is 10.0. The minimum atomic E-state index is 0.803. The molecule has 1 atom stereocenters. The fourth-order valence-corrected chi connectivity index (χ4v) is 1.40. The standard InChI is InChI=1S/C8H19OSi/c1-3-5-6-8(4-2)7-9-10/h8H,3-7,10H2,1-2H3. The predicted molar refractivity (Wildman–Crippen MR) is 47.8 cm³/mol. The maximum Gasteiger partial charge on any atom is 0.174 e. The summed E-state index contributed by atoms with van der Waals surface area (Å²) in [6, 6.07) is 0. The van der Waals surface area contributed by atoms with Gasteiger partial charge in [0.25, 0.3) is 0 Å². The van der Waals surface area contributed by atoms with Gasteiger partial charge in [-0.2, -0.15) is 0 Å². The number of hydrogen-bond acceptors (Lipinski definition) is 1. The zero-order valence-corrected chi connectivity index (χ0v) is 8.64. The molecule has 0 aliphatic heterocycles. The van der Waals surface area contributed by atoms with E-state index < -0.39 is 0 Å². The van der Waals surface area contributed by atoms with Crippen LogP contribution in [-0.4, -0.2) is 17.1 Å². The summed E-state index contributed by atoms with van der Waals surface area (Å²) in [7, 11) is 1.61. The Balaban J connectivity index is 3.21. The van der Waals surface area contributed by atoms with Gasteiger partial charge in [0.05, 0.1) is 0 Å². The SMILES string of the molecule is CCCCC(CC)CO[SiH2]. The van der Waals surface area contributed by atoms with E-state index in [2.05, 4.69) is 13.8 Å². The van der Waals surface area contributed by atoms with Crippen molar-refractivity contribution in [2.24, 2.45) is 5.92 Å². The lowest BCUT2D eigenvalue weighted by molar-refractivity contribution is 0.251. The van der Waals surface area contributed by atoms with Crippen molar-refractivity contribution < 1.29 is 4.43 Å².